The summed E-state index contributed by atoms with van der Waals surface area (Å²) >= 11 is 5.72. The van der Waals surface area contributed by atoms with Crippen molar-refractivity contribution < 1.29 is 9.47 Å². The van der Waals surface area contributed by atoms with Crippen LogP contribution in [0, 0.1) is 5.92 Å². The third-order valence-corrected chi connectivity index (χ3v) is 3.13. The number of hydrogen-bond donors (Lipinski definition) is 0. The van der Waals surface area contributed by atoms with Gasteiger partial charge in [0.2, 0.25) is 0 Å². The highest BCUT2D eigenvalue weighted by Gasteiger charge is 2.30. The van der Waals surface area contributed by atoms with E-state index in [4.69, 9.17) is 21.1 Å². The van der Waals surface area contributed by atoms with Crippen molar-refractivity contribution in [1.29, 1.82) is 0 Å². The molecule has 1 fully saturated rings. The molecule has 1 heterocycles. The summed E-state index contributed by atoms with van der Waals surface area (Å²) < 4.78 is 11.3. The zero-order valence-corrected chi connectivity index (χ0v) is 9.93. The highest BCUT2D eigenvalue weighted by molar-refractivity contribution is 6.18. The van der Waals surface area contributed by atoms with Gasteiger partial charge in [-0.3, -0.25) is 0 Å². The maximum Gasteiger partial charge on any atom is 0.161 e. The summed E-state index contributed by atoms with van der Waals surface area (Å²) in [5.41, 5.74) is 0. The topological polar surface area (TPSA) is 18.5 Å². The molecule has 0 unspecified atom stereocenters. The molecule has 0 amide bonds. The van der Waals surface area contributed by atoms with Gasteiger partial charge in [0, 0.05) is 5.92 Å². The number of hydrogen-bond acceptors (Lipinski definition) is 2. The molecule has 0 radical (unpaired) electrons. The average Bonchev–Trinajstić information content (AvgIpc) is 2.68. The highest BCUT2D eigenvalue weighted by atomic mass is 35.5. The van der Waals surface area contributed by atoms with Gasteiger partial charge in [0.15, 0.2) is 6.29 Å². The van der Waals surface area contributed by atoms with E-state index in [1.54, 1.807) is 0 Å². The second-order valence-electron chi connectivity index (χ2n) is 3.92. The van der Waals surface area contributed by atoms with Crippen LogP contribution in [0.4, 0.5) is 0 Å². The van der Waals surface area contributed by atoms with Crippen molar-refractivity contribution in [2.24, 2.45) is 5.92 Å². The lowest BCUT2D eigenvalue weighted by atomic mass is 9.99. The Morgan fingerprint density at radius 3 is 2.71 bits per heavy atom. The molecular formula is C11H21ClO2. The minimum Gasteiger partial charge on any atom is -0.350 e. The normalized spacial score (nSPS) is 29.4. The second kappa shape index (κ2) is 6.65. The van der Waals surface area contributed by atoms with E-state index in [0.717, 1.165) is 6.42 Å². The zero-order valence-electron chi connectivity index (χ0n) is 9.17. The minimum absolute atomic E-state index is 0.00435. The van der Waals surface area contributed by atoms with Gasteiger partial charge in [-0.15, -0.1) is 11.6 Å². The molecule has 2 nitrogen and oxygen atoms in total. The number of alkyl halides is 1. The Hall–Kier alpha value is 0.210. The fourth-order valence-corrected chi connectivity index (χ4v) is 1.96. The van der Waals surface area contributed by atoms with Gasteiger partial charge in [-0.2, -0.15) is 0 Å². The first-order chi connectivity index (χ1) is 6.81. The van der Waals surface area contributed by atoms with Crippen molar-refractivity contribution in [1.82, 2.24) is 0 Å². The van der Waals surface area contributed by atoms with Crippen LogP contribution in [0.5, 0.6) is 0 Å². The average molecular weight is 221 g/mol. The third-order valence-electron chi connectivity index (χ3n) is 2.78. The molecule has 1 saturated heterocycles. The van der Waals surface area contributed by atoms with Crippen molar-refractivity contribution in [3.05, 3.63) is 0 Å². The van der Waals surface area contributed by atoms with Crippen LogP contribution in [0.15, 0.2) is 0 Å². The van der Waals surface area contributed by atoms with Gasteiger partial charge >= 0.3 is 0 Å². The molecule has 0 spiro atoms. The van der Waals surface area contributed by atoms with E-state index >= 15 is 0 Å². The molecule has 0 aliphatic carbocycles. The highest BCUT2D eigenvalue weighted by Crippen LogP contribution is 2.26. The van der Waals surface area contributed by atoms with E-state index < -0.39 is 0 Å². The molecule has 1 aliphatic heterocycles. The Kier molecular flexibility index (Phi) is 5.83. The molecule has 84 valence electrons. The van der Waals surface area contributed by atoms with Crippen molar-refractivity contribution in [2.75, 3.05) is 12.5 Å². The monoisotopic (exact) mass is 220 g/mol. The van der Waals surface area contributed by atoms with Crippen LogP contribution >= 0.6 is 11.6 Å². The molecule has 0 aromatic rings. The molecule has 0 aromatic heterocycles. The molecule has 14 heavy (non-hydrogen) atoms. The van der Waals surface area contributed by atoms with Crippen LogP contribution in [0.25, 0.3) is 0 Å². The van der Waals surface area contributed by atoms with Gasteiger partial charge in [-0.05, 0) is 12.8 Å². The fourth-order valence-electron chi connectivity index (χ4n) is 1.80. The van der Waals surface area contributed by atoms with Gasteiger partial charge in [0.25, 0.3) is 0 Å². The standard InChI is InChI=1S/C11H21ClO2/c1-3-5-6-9(4-2)11-13-8-10(7-12)14-11/h9-11H,3-8H2,1-2H3/t9-,10-,11+/m0/s1. The number of unbranched alkanes of at least 4 members (excludes halogenated alkanes) is 1. The van der Waals surface area contributed by atoms with E-state index in [0.29, 0.717) is 18.4 Å². The number of halogens is 1. The van der Waals surface area contributed by atoms with Crippen molar-refractivity contribution in [2.45, 2.75) is 51.9 Å². The molecule has 0 N–H and O–H groups in total. The lowest BCUT2D eigenvalue weighted by Crippen LogP contribution is -2.22. The molecule has 3 heteroatoms. The van der Waals surface area contributed by atoms with Gasteiger partial charge in [0.05, 0.1) is 18.6 Å². The molecule has 0 bridgehead atoms. The third kappa shape index (κ3) is 3.41. The van der Waals surface area contributed by atoms with Gasteiger partial charge < -0.3 is 9.47 Å². The first kappa shape index (κ1) is 12.3. The Labute approximate surface area is 91.9 Å². The fraction of sp³-hybridized carbons (Fsp3) is 1.00. The Bertz CT molecular complexity index is 152. The van der Waals surface area contributed by atoms with Crippen LogP contribution in [0.3, 0.4) is 0 Å². The summed E-state index contributed by atoms with van der Waals surface area (Å²) in [7, 11) is 0. The van der Waals surface area contributed by atoms with Crippen molar-refractivity contribution in [3.63, 3.8) is 0 Å². The summed E-state index contributed by atoms with van der Waals surface area (Å²) in [5.74, 6) is 1.09. The molecule has 0 saturated carbocycles. The predicted octanol–water partition coefficient (Wildman–Crippen LogP) is 3.18. The van der Waals surface area contributed by atoms with Crippen LogP contribution in [0.2, 0.25) is 0 Å². The van der Waals surface area contributed by atoms with E-state index in [9.17, 15) is 0 Å². The van der Waals surface area contributed by atoms with E-state index in [1.165, 1.54) is 19.3 Å². The van der Waals surface area contributed by atoms with E-state index in [-0.39, 0.29) is 12.4 Å². The van der Waals surface area contributed by atoms with Gasteiger partial charge in [-0.25, -0.2) is 0 Å². The number of rotatable bonds is 6. The molecule has 0 aromatic carbocycles. The zero-order chi connectivity index (χ0) is 10.4. The lowest BCUT2D eigenvalue weighted by molar-refractivity contribution is -0.0969. The summed E-state index contributed by atoms with van der Waals surface area (Å²) in [6.07, 6.45) is 4.93. The van der Waals surface area contributed by atoms with Crippen molar-refractivity contribution >= 4 is 11.6 Å². The molecule has 1 aliphatic rings. The van der Waals surface area contributed by atoms with E-state index in [1.807, 2.05) is 0 Å². The molecular weight excluding hydrogens is 200 g/mol. The van der Waals surface area contributed by atoms with Crippen molar-refractivity contribution in [3.8, 4) is 0 Å². The number of ether oxygens (including phenoxy) is 2. The van der Waals surface area contributed by atoms with Gasteiger partial charge in [-0.1, -0.05) is 26.7 Å². The predicted molar refractivity (Wildman–Crippen MR) is 58.6 cm³/mol. The second-order valence-corrected chi connectivity index (χ2v) is 4.23. The Morgan fingerprint density at radius 2 is 2.21 bits per heavy atom. The quantitative estimate of drug-likeness (QED) is 0.641. The first-order valence-electron chi connectivity index (χ1n) is 5.64. The van der Waals surface area contributed by atoms with Crippen LogP contribution in [-0.4, -0.2) is 24.9 Å². The summed E-state index contributed by atoms with van der Waals surface area (Å²) in [4.78, 5) is 0. The Balaban J connectivity index is 2.30. The maximum atomic E-state index is 5.72. The SMILES string of the molecule is CCCC[C@H](CC)[C@@H]1OC[C@H](CCl)O1. The van der Waals surface area contributed by atoms with E-state index in [2.05, 4.69) is 13.8 Å². The Morgan fingerprint density at radius 1 is 1.43 bits per heavy atom. The largest absolute Gasteiger partial charge is 0.350 e. The lowest BCUT2D eigenvalue weighted by Gasteiger charge is -2.20. The van der Waals surface area contributed by atoms with Crippen LogP contribution in [0.1, 0.15) is 39.5 Å². The van der Waals surface area contributed by atoms with Crippen LogP contribution < -0.4 is 0 Å². The minimum atomic E-state index is -0.00435. The summed E-state index contributed by atoms with van der Waals surface area (Å²) in [6, 6.07) is 0. The molecule has 3 atom stereocenters. The van der Waals surface area contributed by atoms with Gasteiger partial charge in [0.1, 0.15) is 0 Å². The smallest absolute Gasteiger partial charge is 0.161 e. The summed E-state index contributed by atoms with van der Waals surface area (Å²) in [5, 5.41) is 0. The van der Waals surface area contributed by atoms with Crippen LogP contribution in [-0.2, 0) is 9.47 Å². The maximum absolute atomic E-state index is 5.72. The molecule has 1 rings (SSSR count). The first-order valence-corrected chi connectivity index (χ1v) is 6.18. The summed E-state index contributed by atoms with van der Waals surface area (Å²) in [6.45, 7) is 5.07.